The molecule has 6 aliphatic heterocycles. The molecule has 0 amide bonds. The van der Waals surface area contributed by atoms with Gasteiger partial charge in [-0.25, -0.2) is 0 Å². The zero-order chi connectivity index (χ0) is 27.8. The second-order valence-electron chi connectivity index (χ2n) is 15.6. The van der Waals surface area contributed by atoms with E-state index in [1.165, 1.54) is 108 Å². The van der Waals surface area contributed by atoms with Crippen molar-refractivity contribution in [3.05, 3.63) is 64.8 Å². The number of para-hydroxylation sites is 1. The van der Waals surface area contributed by atoms with Crippen LogP contribution < -0.4 is 5.32 Å². The van der Waals surface area contributed by atoms with Crippen LogP contribution in [-0.2, 0) is 18.4 Å². The van der Waals surface area contributed by atoms with Crippen molar-refractivity contribution < 1.29 is 0 Å². The van der Waals surface area contributed by atoms with Gasteiger partial charge in [0.2, 0.25) is 0 Å². The molecule has 10 rings (SSSR count). The van der Waals surface area contributed by atoms with Gasteiger partial charge in [0.25, 0.3) is 0 Å². The van der Waals surface area contributed by atoms with Gasteiger partial charge in [0, 0.05) is 58.8 Å². The first-order chi connectivity index (χ1) is 20.6. The van der Waals surface area contributed by atoms with E-state index in [2.05, 4.69) is 76.0 Å². The molecule has 1 spiro atoms. The first-order valence-corrected chi connectivity index (χ1v) is 17.6. The Morgan fingerprint density at radius 2 is 1.67 bits per heavy atom. The van der Waals surface area contributed by atoms with Gasteiger partial charge in [-0.05, 0) is 130 Å². The number of anilines is 1. The Labute approximate surface area is 251 Å². The minimum atomic E-state index is 0.239. The molecular weight excluding hydrogens is 512 g/mol. The Balaban J connectivity index is 1.15. The Morgan fingerprint density at radius 1 is 0.833 bits per heavy atom. The van der Waals surface area contributed by atoms with Gasteiger partial charge in [-0.2, -0.15) is 0 Å². The third kappa shape index (κ3) is 2.84. The zero-order valence-corrected chi connectivity index (χ0v) is 25.8. The SMILES string of the molecule is CCC12CCCN3CCc4c(n(c5ccc(C6CC7(CC)CCCN8CCC9(c%10ccccc%10NC69)C87)cc45)CC1)C32. The number of aryl methyl sites for hydroxylation is 1. The summed E-state index contributed by atoms with van der Waals surface area (Å²) in [7, 11) is 0. The Bertz CT molecular complexity index is 1600. The van der Waals surface area contributed by atoms with Crippen LogP contribution in [0, 0.1) is 10.8 Å². The van der Waals surface area contributed by atoms with E-state index < -0.39 is 0 Å². The number of fused-ring (bicyclic) bond motifs is 4. The summed E-state index contributed by atoms with van der Waals surface area (Å²) in [4.78, 5) is 5.82. The van der Waals surface area contributed by atoms with Crippen molar-refractivity contribution in [2.24, 2.45) is 10.8 Å². The topological polar surface area (TPSA) is 23.4 Å². The van der Waals surface area contributed by atoms with Crippen molar-refractivity contribution in [3.8, 4) is 0 Å². The summed E-state index contributed by atoms with van der Waals surface area (Å²) in [5.74, 6) is 0.560. The average molecular weight is 561 g/mol. The summed E-state index contributed by atoms with van der Waals surface area (Å²) in [6.45, 7) is 11.3. The fourth-order valence-corrected chi connectivity index (χ4v) is 12.9. The molecular formula is C38H48N4. The predicted octanol–water partition coefficient (Wildman–Crippen LogP) is 7.62. The molecule has 4 fully saturated rings. The molecule has 0 radical (unpaired) electrons. The quantitative estimate of drug-likeness (QED) is 0.356. The van der Waals surface area contributed by atoms with E-state index in [0.717, 1.165) is 0 Å². The molecule has 4 heteroatoms. The lowest BCUT2D eigenvalue weighted by Gasteiger charge is -2.60. The van der Waals surface area contributed by atoms with E-state index in [-0.39, 0.29) is 5.41 Å². The van der Waals surface area contributed by atoms with E-state index in [9.17, 15) is 0 Å². The molecule has 1 saturated carbocycles. The highest BCUT2D eigenvalue weighted by atomic mass is 15.3. The summed E-state index contributed by atoms with van der Waals surface area (Å²) in [6.07, 6.45) is 13.5. The highest BCUT2D eigenvalue weighted by Gasteiger charge is 2.68. The van der Waals surface area contributed by atoms with E-state index in [1.807, 2.05) is 0 Å². The average Bonchev–Trinajstić information content (AvgIpc) is 3.71. The van der Waals surface area contributed by atoms with Crippen molar-refractivity contribution in [1.29, 1.82) is 0 Å². The monoisotopic (exact) mass is 560 g/mol. The van der Waals surface area contributed by atoms with Gasteiger partial charge in [-0.1, -0.05) is 38.1 Å². The minimum absolute atomic E-state index is 0.239. The maximum absolute atomic E-state index is 4.22. The summed E-state index contributed by atoms with van der Waals surface area (Å²) in [5.41, 5.74) is 10.8. The summed E-state index contributed by atoms with van der Waals surface area (Å²) in [6, 6.07) is 19.1. The van der Waals surface area contributed by atoms with Crippen molar-refractivity contribution in [1.82, 2.24) is 14.4 Å². The van der Waals surface area contributed by atoms with E-state index in [1.54, 1.807) is 27.8 Å². The van der Waals surface area contributed by atoms with Gasteiger partial charge in [0.15, 0.2) is 0 Å². The van der Waals surface area contributed by atoms with E-state index >= 15 is 0 Å². The van der Waals surface area contributed by atoms with E-state index in [0.29, 0.717) is 34.9 Å². The second kappa shape index (κ2) is 8.45. The Morgan fingerprint density at radius 3 is 2.55 bits per heavy atom. The molecule has 2 aromatic carbocycles. The molecule has 42 heavy (non-hydrogen) atoms. The van der Waals surface area contributed by atoms with Crippen molar-refractivity contribution in [2.45, 2.75) is 114 Å². The molecule has 1 aliphatic carbocycles. The first kappa shape index (κ1) is 25.1. The highest BCUT2D eigenvalue weighted by molar-refractivity contribution is 5.87. The number of aromatic nitrogens is 1. The zero-order valence-electron chi connectivity index (χ0n) is 25.8. The fourth-order valence-electron chi connectivity index (χ4n) is 12.9. The third-order valence-corrected chi connectivity index (χ3v) is 14.6. The Hall–Kier alpha value is -2.30. The number of hydrogen-bond acceptors (Lipinski definition) is 3. The maximum atomic E-state index is 4.22. The number of rotatable bonds is 3. The number of hydrogen-bond donors (Lipinski definition) is 1. The predicted molar refractivity (Wildman–Crippen MR) is 171 cm³/mol. The lowest BCUT2D eigenvalue weighted by Crippen LogP contribution is -2.65. The summed E-state index contributed by atoms with van der Waals surface area (Å²) in [5, 5.41) is 5.83. The first-order valence-electron chi connectivity index (χ1n) is 17.6. The van der Waals surface area contributed by atoms with Crippen molar-refractivity contribution in [3.63, 3.8) is 0 Å². The van der Waals surface area contributed by atoms with Crippen LogP contribution in [0.25, 0.3) is 10.9 Å². The molecule has 1 N–H and O–H groups in total. The van der Waals surface area contributed by atoms with Crippen LogP contribution in [-0.4, -0.2) is 52.6 Å². The van der Waals surface area contributed by atoms with Crippen molar-refractivity contribution >= 4 is 16.6 Å². The summed E-state index contributed by atoms with van der Waals surface area (Å²) < 4.78 is 2.79. The molecule has 1 aromatic heterocycles. The standard InChI is InChI=1S/C38H48N4/c1-3-36-14-7-18-40-20-13-26-27-23-25(11-12-31(27)42(22-16-36)32(26)34(36)40)28-24-37(4-2)15-8-19-41-21-17-38(35(37)41)29-9-5-6-10-30(29)39-33(28)38/h5-6,9-12,23,28,33-35,39H,3-4,7-8,13-22,24H2,1-2H3. The third-order valence-electron chi connectivity index (χ3n) is 14.6. The molecule has 7 heterocycles. The summed E-state index contributed by atoms with van der Waals surface area (Å²) >= 11 is 0. The van der Waals surface area contributed by atoms with Crippen LogP contribution in [0.1, 0.15) is 106 Å². The largest absolute Gasteiger partial charge is 0.380 e. The van der Waals surface area contributed by atoms with Crippen LogP contribution in [0.2, 0.25) is 0 Å². The second-order valence-corrected chi connectivity index (χ2v) is 15.6. The minimum Gasteiger partial charge on any atom is -0.380 e. The van der Waals surface area contributed by atoms with Crippen LogP contribution in [0.3, 0.4) is 0 Å². The Kier molecular flexibility index (Phi) is 5.04. The number of piperidine rings is 2. The highest BCUT2D eigenvalue weighted by Crippen LogP contribution is 2.67. The number of nitrogens with zero attached hydrogens (tertiary/aromatic N) is 3. The molecule has 7 atom stereocenters. The van der Waals surface area contributed by atoms with Crippen LogP contribution >= 0.6 is 0 Å². The lowest BCUT2D eigenvalue weighted by atomic mass is 9.49. The molecule has 4 nitrogen and oxygen atoms in total. The number of nitrogens with one attached hydrogen (secondary N) is 1. The molecule has 7 unspecified atom stereocenters. The molecule has 7 aliphatic rings. The molecule has 220 valence electrons. The van der Waals surface area contributed by atoms with Gasteiger partial charge in [-0.15, -0.1) is 0 Å². The molecule has 0 bridgehead atoms. The van der Waals surface area contributed by atoms with Gasteiger partial charge in [0.05, 0.1) is 6.04 Å². The van der Waals surface area contributed by atoms with E-state index in [4.69, 9.17) is 0 Å². The number of benzene rings is 2. The maximum Gasteiger partial charge on any atom is 0.0560 e. The van der Waals surface area contributed by atoms with Crippen LogP contribution in [0.15, 0.2) is 42.5 Å². The van der Waals surface area contributed by atoms with Gasteiger partial charge in [0.1, 0.15) is 0 Å². The fraction of sp³-hybridized carbons (Fsp3) is 0.632. The van der Waals surface area contributed by atoms with Crippen LogP contribution in [0.4, 0.5) is 5.69 Å². The van der Waals surface area contributed by atoms with Crippen LogP contribution in [0.5, 0.6) is 0 Å². The van der Waals surface area contributed by atoms with Gasteiger partial charge >= 0.3 is 0 Å². The molecule has 3 aromatic rings. The van der Waals surface area contributed by atoms with Gasteiger partial charge in [-0.3, -0.25) is 9.80 Å². The van der Waals surface area contributed by atoms with Crippen molar-refractivity contribution in [2.75, 3.05) is 31.5 Å². The molecule has 3 saturated heterocycles. The normalized spacial score (nSPS) is 39.9. The smallest absolute Gasteiger partial charge is 0.0560 e. The van der Waals surface area contributed by atoms with Gasteiger partial charge < -0.3 is 9.88 Å². The lowest BCUT2D eigenvalue weighted by molar-refractivity contribution is -0.0394.